The molecular formula is C11H21N3. The van der Waals surface area contributed by atoms with Crippen LogP contribution in [-0.2, 0) is 6.54 Å². The molecule has 0 N–H and O–H groups in total. The molecule has 0 bridgehead atoms. The third-order valence-electron chi connectivity index (χ3n) is 2.28. The second-order valence-corrected chi connectivity index (χ2v) is 5.03. The molecule has 1 aromatic rings. The maximum Gasteiger partial charge on any atom is 0.137 e. The molecule has 0 spiro atoms. The summed E-state index contributed by atoms with van der Waals surface area (Å²) in [5.74, 6) is 0. The van der Waals surface area contributed by atoms with E-state index in [-0.39, 0.29) is 0 Å². The van der Waals surface area contributed by atoms with Crippen molar-refractivity contribution in [1.82, 2.24) is 14.8 Å². The highest BCUT2D eigenvalue weighted by atomic mass is 15.3. The molecular weight excluding hydrogens is 174 g/mol. The van der Waals surface area contributed by atoms with Gasteiger partial charge in [0, 0.05) is 6.54 Å². The van der Waals surface area contributed by atoms with Crippen LogP contribution in [0.4, 0.5) is 0 Å². The number of unbranched alkanes of at least 4 members (excludes halogenated alkanes) is 2. The van der Waals surface area contributed by atoms with Gasteiger partial charge in [-0.1, -0.05) is 33.6 Å². The van der Waals surface area contributed by atoms with Crippen LogP contribution in [-0.4, -0.2) is 14.8 Å². The number of hydrogen-bond acceptors (Lipinski definition) is 2. The van der Waals surface area contributed by atoms with Crippen molar-refractivity contribution in [3.8, 4) is 0 Å². The summed E-state index contributed by atoms with van der Waals surface area (Å²) in [5, 5.41) is 4.07. The Morgan fingerprint density at radius 2 is 1.93 bits per heavy atom. The SMILES string of the molecule is CC(C)(C)CCCCCn1cncn1. The van der Waals surface area contributed by atoms with E-state index in [0.717, 1.165) is 6.54 Å². The molecule has 80 valence electrons. The molecule has 1 heterocycles. The van der Waals surface area contributed by atoms with E-state index in [4.69, 9.17) is 0 Å². The van der Waals surface area contributed by atoms with Crippen LogP contribution in [0.1, 0.15) is 46.5 Å². The van der Waals surface area contributed by atoms with Crippen LogP contribution in [0, 0.1) is 5.41 Å². The molecule has 14 heavy (non-hydrogen) atoms. The summed E-state index contributed by atoms with van der Waals surface area (Å²) < 4.78 is 1.90. The van der Waals surface area contributed by atoms with E-state index in [1.54, 1.807) is 12.7 Å². The molecule has 0 saturated carbocycles. The Morgan fingerprint density at radius 1 is 1.14 bits per heavy atom. The fraction of sp³-hybridized carbons (Fsp3) is 0.818. The first-order valence-corrected chi connectivity index (χ1v) is 5.40. The van der Waals surface area contributed by atoms with Crippen molar-refractivity contribution in [2.75, 3.05) is 0 Å². The van der Waals surface area contributed by atoms with Gasteiger partial charge < -0.3 is 0 Å². The third-order valence-corrected chi connectivity index (χ3v) is 2.28. The molecule has 1 rings (SSSR count). The second-order valence-electron chi connectivity index (χ2n) is 5.03. The van der Waals surface area contributed by atoms with E-state index >= 15 is 0 Å². The summed E-state index contributed by atoms with van der Waals surface area (Å²) >= 11 is 0. The molecule has 0 aromatic carbocycles. The van der Waals surface area contributed by atoms with Gasteiger partial charge in [-0.05, 0) is 18.3 Å². The molecule has 0 aliphatic heterocycles. The lowest BCUT2D eigenvalue weighted by Gasteiger charge is -2.17. The number of nitrogens with zero attached hydrogens (tertiary/aromatic N) is 3. The number of aromatic nitrogens is 3. The highest BCUT2D eigenvalue weighted by molar-refractivity contribution is 4.61. The maximum atomic E-state index is 4.07. The highest BCUT2D eigenvalue weighted by Crippen LogP contribution is 2.21. The molecule has 0 amide bonds. The summed E-state index contributed by atoms with van der Waals surface area (Å²) in [5.41, 5.74) is 0.479. The zero-order valence-corrected chi connectivity index (χ0v) is 9.53. The summed E-state index contributed by atoms with van der Waals surface area (Å²) in [6.07, 6.45) is 8.50. The lowest BCUT2D eigenvalue weighted by molar-refractivity contribution is 0.354. The lowest BCUT2D eigenvalue weighted by atomic mass is 9.89. The fourth-order valence-electron chi connectivity index (χ4n) is 1.45. The van der Waals surface area contributed by atoms with Crippen LogP contribution in [0.2, 0.25) is 0 Å². The van der Waals surface area contributed by atoms with Crippen LogP contribution in [0.25, 0.3) is 0 Å². The zero-order valence-electron chi connectivity index (χ0n) is 9.53. The smallest absolute Gasteiger partial charge is 0.137 e. The van der Waals surface area contributed by atoms with Gasteiger partial charge in [0.1, 0.15) is 12.7 Å². The quantitative estimate of drug-likeness (QED) is 0.676. The van der Waals surface area contributed by atoms with Gasteiger partial charge in [-0.25, -0.2) is 4.98 Å². The maximum absolute atomic E-state index is 4.07. The first-order valence-electron chi connectivity index (χ1n) is 5.40. The molecule has 3 nitrogen and oxygen atoms in total. The predicted octanol–water partition coefficient (Wildman–Crippen LogP) is 2.88. The average Bonchev–Trinajstić information content (AvgIpc) is 2.54. The van der Waals surface area contributed by atoms with Crippen molar-refractivity contribution in [3.05, 3.63) is 12.7 Å². The Kier molecular flexibility index (Phi) is 4.11. The minimum Gasteiger partial charge on any atom is -0.253 e. The number of aryl methyl sites for hydroxylation is 1. The first-order chi connectivity index (χ1) is 6.58. The minimum atomic E-state index is 0.479. The monoisotopic (exact) mass is 195 g/mol. The molecule has 0 atom stereocenters. The zero-order chi connectivity index (χ0) is 10.4. The van der Waals surface area contributed by atoms with Crippen molar-refractivity contribution in [2.45, 2.75) is 53.0 Å². The fourth-order valence-corrected chi connectivity index (χ4v) is 1.45. The number of hydrogen-bond donors (Lipinski definition) is 0. The second kappa shape index (κ2) is 5.13. The molecule has 1 aromatic heterocycles. The summed E-state index contributed by atoms with van der Waals surface area (Å²) in [6, 6.07) is 0. The topological polar surface area (TPSA) is 30.7 Å². The molecule has 0 unspecified atom stereocenters. The number of rotatable bonds is 5. The molecule has 0 aliphatic rings. The normalized spacial score (nSPS) is 11.9. The first kappa shape index (κ1) is 11.2. The molecule has 0 radical (unpaired) electrons. The van der Waals surface area contributed by atoms with Gasteiger partial charge in [-0.15, -0.1) is 0 Å². The van der Waals surface area contributed by atoms with Crippen LogP contribution < -0.4 is 0 Å². The van der Waals surface area contributed by atoms with Gasteiger partial charge in [0.2, 0.25) is 0 Å². The molecule has 0 fully saturated rings. The van der Waals surface area contributed by atoms with E-state index in [0.29, 0.717) is 5.41 Å². The Bertz CT molecular complexity index is 234. The summed E-state index contributed by atoms with van der Waals surface area (Å²) in [7, 11) is 0. The average molecular weight is 195 g/mol. The van der Waals surface area contributed by atoms with Gasteiger partial charge in [0.15, 0.2) is 0 Å². The summed E-state index contributed by atoms with van der Waals surface area (Å²) in [6.45, 7) is 7.89. The minimum absolute atomic E-state index is 0.479. The lowest BCUT2D eigenvalue weighted by Crippen LogP contribution is -2.04. The van der Waals surface area contributed by atoms with Gasteiger partial charge in [-0.2, -0.15) is 5.10 Å². The third kappa shape index (κ3) is 5.00. The van der Waals surface area contributed by atoms with Gasteiger partial charge >= 0.3 is 0 Å². The van der Waals surface area contributed by atoms with Crippen molar-refractivity contribution in [3.63, 3.8) is 0 Å². The van der Waals surface area contributed by atoms with E-state index < -0.39 is 0 Å². The Hall–Kier alpha value is -0.860. The van der Waals surface area contributed by atoms with Crippen LogP contribution >= 0.6 is 0 Å². The largest absolute Gasteiger partial charge is 0.253 e. The van der Waals surface area contributed by atoms with Crippen LogP contribution in [0.3, 0.4) is 0 Å². The molecule has 0 aliphatic carbocycles. The van der Waals surface area contributed by atoms with E-state index in [9.17, 15) is 0 Å². The van der Waals surface area contributed by atoms with Crippen LogP contribution in [0.15, 0.2) is 12.7 Å². The van der Waals surface area contributed by atoms with Crippen molar-refractivity contribution < 1.29 is 0 Å². The summed E-state index contributed by atoms with van der Waals surface area (Å²) in [4.78, 5) is 3.91. The standard InChI is InChI=1S/C11H21N3/c1-11(2,3)7-5-4-6-8-14-10-12-9-13-14/h9-10H,4-8H2,1-3H3. The Balaban J connectivity index is 2.00. The van der Waals surface area contributed by atoms with Gasteiger partial charge in [0.25, 0.3) is 0 Å². The molecule has 3 heteroatoms. The van der Waals surface area contributed by atoms with E-state index in [1.165, 1.54) is 25.7 Å². The van der Waals surface area contributed by atoms with Gasteiger partial charge in [0.05, 0.1) is 0 Å². The Labute approximate surface area is 86.5 Å². The van der Waals surface area contributed by atoms with Crippen molar-refractivity contribution >= 4 is 0 Å². The van der Waals surface area contributed by atoms with Crippen molar-refractivity contribution in [2.24, 2.45) is 5.41 Å². The van der Waals surface area contributed by atoms with E-state index in [2.05, 4.69) is 30.9 Å². The molecule has 0 saturated heterocycles. The van der Waals surface area contributed by atoms with Crippen molar-refractivity contribution in [1.29, 1.82) is 0 Å². The predicted molar refractivity (Wildman–Crippen MR) is 57.9 cm³/mol. The Morgan fingerprint density at radius 3 is 2.50 bits per heavy atom. The highest BCUT2D eigenvalue weighted by Gasteiger charge is 2.08. The van der Waals surface area contributed by atoms with Crippen LogP contribution in [0.5, 0.6) is 0 Å². The van der Waals surface area contributed by atoms with E-state index in [1.807, 2.05) is 4.68 Å². The van der Waals surface area contributed by atoms with Gasteiger partial charge in [-0.3, -0.25) is 4.68 Å².